The molecule has 0 heterocycles. The molecule has 35 heteroatoms. The number of rotatable bonds is 60. The van der Waals surface area contributed by atoms with Gasteiger partial charge in [0.05, 0.1) is 33.0 Å². The molecule has 3 aromatic rings. The molecule has 0 aliphatic heterocycles. The van der Waals surface area contributed by atoms with E-state index in [9.17, 15) is 38.4 Å². The molecular weight excluding hydrogens is 1730 g/mol. The van der Waals surface area contributed by atoms with Crippen molar-refractivity contribution in [1.82, 2.24) is 0 Å². The van der Waals surface area contributed by atoms with Crippen LogP contribution in [-0.4, -0.2) is 183 Å². The lowest BCUT2D eigenvalue weighted by molar-refractivity contribution is -0.193. The van der Waals surface area contributed by atoms with Gasteiger partial charge in [-0.2, -0.15) is 19.2 Å². The summed E-state index contributed by atoms with van der Waals surface area (Å²) >= 11 is 0. The van der Waals surface area contributed by atoms with Crippen LogP contribution in [0.5, 0.6) is 0 Å². The summed E-state index contributed by atoms with van der Waals surface area (Å²) in [5.41, 5.74) is 3.46. The minimum absolute atomic E-state index is 0.0725. The number of ether oxygens (including phenoxy) is 7. The normalized spacial score (nSPS) is 11.6. The Labute approximate surface area is 744 Å². The Balaban J connectivity index is -0.000000708. The van der Waals surface area contributed by atoms with E-state index in [1.165, 1.54) is 49.8 Å². The molecule has 0 aliphatic rings. The van der Waals surface area contributed by atoms with E-state index in [1.807, 2.05) is 74.5 Å². The Hall–Kier alpha value is -5.85. The molecule has 0 spiro atoms. The number of benzene rings is 3. The van der Waals surface area contributed by atoms with Gasteiger partial charge in [-0.15, -0.1) is 0 Å². The van der Waals surface area contributed by atoms with Gasteiger partial charge in [0.15, 0.2) is 83.2 Å². The van der Waals surface area contributed by atoms with Crippen LogP contribution in [0.2, 0.25) is 191 Å². The van der Waals surface area contributed by atoms with Crippen molar-refractivity contribution in [2.24, 2.45) is 0 Å². The highest BCUT2D eigenvalue weighted by Crippen LogP contribution is 2.31. The van der Waals surface area contributed by atoms with Gasteiger partial charge in [0.25, 0.3) is 19.4 Å². The first-order chi connectivity index (χ1) is 57.0. The van der Waals surface area contributed by atoms with E-state index in [-0.39, 0.29) is 42.6 Å². The van der Waals surface area contributed by atoms with E-state index in [1.54, 1.807) is 0 Å². The van der Waals surface area contributed by atoms with Crippen LogP contribution < -0.4 is 0 Å². The number of hydrogen-bond acceptors (Lipinski definition) is 24. The predicted octanol–water partition coefficient (Wildman–Crippen LogP) is 21.4. The molecular formula is C87H160O25Si10. The Morgan fingerprint density at radius 3 is 0.738 bits per heavy atom. The summed E-state index contributed by atoms with van der Waals surface area (Å²) in [6.45, 7) is 55.1. The topological polar surface area (TPSA) is 336 Å². The third-order valence-corrected chi connectivity index (χ3v) is 56.4. The van der Waals surface area contributed by atoms with Crippen LogP contribution in [0.25, 0.3) is 0 Å². The molecule has 0 aromatic heterocycles. The van der Waals surface area contributed by atoms with Crippen molar-refractivity contribution in [1.29, 1.82) is 0 Å². The second-order valence-electron chi connectivity index (χ2n) is 36.2. The second-order valence-corrected chi connectivity index (χ2v) is 80.5. The van der Waals surface area contributed by atoms with Gasteiger partial charge in [-0.25, -0.2) is 0 Å². The molecule has 25 nitrogen and oxygen atoms in total. The van der Waals surface area contributed by atoms with Crippen molar-refractivity contribution in [2.45, 2.75) is 347 Å². The molecule has 0 radical (unpaired) electrons. The summed E-state index contributed by atoms with van der Waals surface area (Å²) in [6, 6.07) is 40.5. The molecule has 1 N–H and O–H groups in total. The standard InChI is InChI=1S/C25H38O3Si2.C19H32O5Si2.C15H34O3Si2.C14H30O5Si2.C12H26O5Si2.2CO2/c1-29(2,20-12-11-16-23-14-7-5-8-15-23)28-30(3,4)21-13-19-25(26)27-22-24-17-9-6-10-18-24;1-25(2,24-26(3,4)15-9-13-22-17-20)14-8-12-19(21)23-16-18-10-6-5-7-11-18;1-7-9-10-13-19(3,4)18-20(5,6)14-11-12-15(16)17-8-2;1-6-18-14(16)9-7-11-20(2,3)19-21(4,5)12-8-10-17-13-15;1-18(2,9-5-7-12(14)15)17-19(3,4)10-6-8-16-11-13;2*2-1-3/h5-10,14-15,17-18H,11-13,16,19-22H2,1-4H3;5-7,10-11,17H,8-9,12-16H2,1-4H3;7-14H2,1-6H3;13H,6-12H2,1-5H3;11H,5-10H2,1-4H3,(H,14,15);;. The fourth-order valence-corrected chi connectivity index (χ4v) is 58.2. The van der Waals surface area contributed by atoms with Crippen LogP contribution in [0.15, 0.2) is 91.0 Å². The van der Waals surface area contributed by atoms with Crippen molar-refractivity contribution < 1.29 is 116 Å². The number of carboxylic acid groups (broad SMARTS) is 1. The van der Waals surface area contributed by atoms with Gasteiger partial charge in [-0.05, 0) is 286 Å². The van der Waals surface area contributed by atoms with Gasteiger partial charge < -0.3 is 58.8 Å². The minimum atomic E-state index is -1.82. The van der Waals surface area contributed by atoms with Gasteiger partial charge in [0.1, 0.15) is 13.2 Å². The zero-order valence-corrected chi connectivity index (χ0v) is 89.1. The van der Waals surface area contributed by atoms with E-state index < -0.39 is 89.1 Å². The molecule has 3 aromatic carbocycles. The van der Waals surface area contributed by atoms with Crippen LogP contribution in [0.1, 0.15) is 153 Å². The second kappa shape index (κ2) is 70.2. The highest BCUT2D eigenvalue weighted by Gasteiger charge is 2.37. The van der Waals surface area contributed by atoms with Crippen molar-refractivity contribution in [3.8, 4) is 0 Å². The van der Waals surface area contributed by atoms with Crippen LogP contribution in [0, 0.1) is 0 Å². The summed E-state index contributed by atoms with van der Waals surface area (Å²) in [5, 5.41) is 8.65. The number of esters is 4. The quantitative estimate of drug-likeness (QED) is 0.0180. The van der Waals surface area contributed by atoms with E-state index in [0.29, 0.717) is 97.8 Å². The van der Waals surface area contributed by atoms with E-state index in [4.69, 9.17) is 73.3 Å². The maximum absolute atomic E-state index is 12.0. The molecule has 698 valence electrons. The van der Waals surface area contributed by atoms with Gasteiger partial charge in [0, 0.05) is 32.1 Å². The maximum atomic E-state index is 12.0. The van der Waals surface area contributed by atoms with Gasteiger partial charge in [-0.3, -0.25) is 38.4 Å². The summed E-state index contributed by atoms with van der Waals surface area (Å²) in [7, 11) is -17.2. The van der Waals surface area contributed by atoms with E-state index in [0.717, 1.165) is 111 Å². The Bertz CT molecular complexity index is 3290. The highest BCUT2D eigenvalue weighted by molar-refractivity contribution is 6.87. The van der Waals surface area contributed by atoms with Crippen molar-refractivity contribution >= 4 is 145 Å². The van der Waals surface area contributed by atoms with Crippen LogP contribution in [-0.2, 0) is 131 Å². The van der Waals surface area contributed by atoms with E-state index >= 15 is 0 Å². The Morgan fingerprint density at radius 1 is 0.295 bits per heavy atom. The number of carbonyl (C=O) groups is 8. The van der Waals surface area contributed by atoms with Crippen LogP contribution >= 0.6 is 0 Å². The number of unbranched alkanes of at least 4 members (excludes halogenated alkanes) is 3. The number of aliphatic carboxylic acids is 1. The predicted molar refractivity (Wildman–Crippen MR) is 507 cm³/mol. The Kier molecular flexibility index (Phi) is 70.5. The highest BCUT2D eigenvalue weighted by atomic mass is 28.4. The first kappa shape index (κ1) is 122. The monoisotopic (exact) mass is 1880 g/mol. The van der Waals surface area contributed by atoms with Gasteiger partial charge in [-0.1, -0.05) is 124 Å². The first-order valence-corrected chi connectivity index (χ1v) is 74.7. The number of hydrogen-bond donors (Lipinski definition) is 1. The van der Waals surface area contributed by atoms with Crippen molar-refractivity contribution in [2.75, 3.05) is 33.0 Å². The average Bonchev–Trinajstić information content (AvgIpc) is 0.894. The molecule has 0 bridgehead atoms. The van der Waals surface area contributed by atoms with Crippen LogP contribution in [0.3, 0.4) is 0 Å². The van der Waals surface area contributed by atoms with Crippen molar-refractivity contribution in [3.05, 3.63) is 108 Å². The number of carbonyl (C=O) groups excluding carboxylic acids is 11. The largest absolute Gasteiger partial charge is 0.481 e. The lowest BCUT2D eigenvalue weighted by Gasteiger charge is -2.34. The molecule has 0 saturated carbocycles. The first-order valence-electron chi connectivity index (χ1n) is 43.6. The lowest BCUT2D eigenvalue weighted by Crippen LogP contribution is -2.44. The maximum Gasteiger partial charge on any atom is 0.373 e. The zero-order chi connectivity index (χ0) is 93.7. The van der Waals surface area contributed by atoms with Crippen molar-refractivity contribution in [3.63, 3.8) is 0 Å². The van der Waals surface area contributed by atoms with Gasteiger partial charge in [0.2, 0.25) is 0 Å². The molecule has 0 aliphatic carbocycles. The Morgan fingerprint density at radius 2 is 0.508 bits per heavy atom. The average molecular weight is 1890 g/mol. The molecule has 3 rings (SSSR count). The lowest BCUT2D eigenvalue weighted by atomic mass is 10.1. The fourth-order valence-electron chi connectivity index (χ4n) is 13.8. The minimum Gasteiger partial charge on any atom is -0.481 e. The molecule has 0 atom stereocenters. The summed E-state index contributed by atoms with van der Waals surface area (Å²) in [5.74, 6) is -1.20. The van der Waals surface area contributed by atoms with E-state index in [2.05, 4.69) is 173 Å². The molecule has 0 amide bonds. The SMILES string of the molecule is CCCCC[Si](C)(C)O[Si](C)(C)CCCC(=O)OCC.CCOC(=O)CCC[Si](C)(C)O[Si](C)(C)CCCOC=O.C[Si](C)(CCCCc1ccccc1)O[Si](C)(C)CCCC(=O)OCc1ccccc1.C[Si](C)(CCCOC=O)O[Si](C)(C)CCCC(=O)O.C[Si](C)(CCCOC=O)O[Si](C)(C)CCCC(=O)OCc1ccccc1.O=C=O.O=C=O. The zero-order valence-electron chi connectivity index (χ0n) is 79.1. The third kappa shape index (κ3) is 81.2. The molecule has 122 heavy (non-hydrogen) atoms. The molecule has 0 saturated heterocycles. The number of aryl methyl sites for hydroxylation is 1. The van der Waals surface area contributed by atoms with Crippen LogP contribution in [0.4, 0.5) is 0 Å². The number of carboxylic acids is 1. The third-order valence-electron chi connectivity index (χ3n) is 18.7. The molecule has 0 fully saturated rings. The fraction of sp³-hybridized carbons (Fsp3) is 0.678. The van der Waals surface area contributed by atoms with Gasteiger partial charge >= 0.3 is 42.1 Å². The summed E-state index contributed by atoms with van der Waals surface area (Å²) in [4.78, 5) is 120. The summed E-state index contributed by atoms with van der Waals surface area (Å²) in [6.07, 6.45) is 16.7. The summed E-state index contributed by atoms with van der Waals surface area (Å²) < 4.78 is 67.3. The molecule has 0 unspecified atom stereocenters. The smallest absolute Gasteiger partial charge is 0.373 e.